The summed E-state index contributed by atoms with van der Waals surface area (Å²) < 4.78 is 25.8. The molecule has 1 aliphatic heterocycles. The smallest absolute Gasteiger partial charge is 0.244 e. The first-order valence-corrected chi connectivity index (χ1v) is 6.90. The summed E-state index contributed by atoms with van der Waals surface area (Å²) in [5, 5.41) is 2.98. The first kappa shape index (κ1) is 11.6. The van der Waals surface area contributed by atoms with Crippen molar-refractivity contribution in [2.75, 3.05) is 20.1 Å². The quantitative estimate of drug-likeness (QED) is 0.810. The number of nitrogens with one attached hydrogen (secondary N) is 2. The zero-order valence-electron chi connectivity index (χ0n) is 9.36. The van der Waals surface area contributed by atoms with E-state index in [1.807, 2.05) is 7.05 Å². The third kappa shape index (κ3) is 2.14. The molecule has 90 valence electrons. The maximum Gasteiger partial charge on any atom is 0.244 e. The van der Waals surface area contributed by atoms with Gasteiger partial charge >= 0.3 is 0 Å². The van der Waals surface area contributed by atoms with Crippen molar-refractivity contribution in [3.63, 3.8) is 0 Å². The van der Waals surface area contributed by atoms with E-state index in [9.17, 15) is 8.42 Å². The van der Waals surface area contributed by atoms with E-state index in [0.717, 1.165) is 18.5 Å². The molecular weight excluding hydrogens is 226 g/mol. The molecule has 0 amide bonds. The van der Waals surface area contributed by atoms with E-state index in [-0.39, 0.29) is 0 Å². The van der Waals surface area contributed by atoms with Gasteiger partial charge < -0.3 is 10.3 Å². The lowest BCUT2D eigenvalue weighted by Gasteiger charge is -2.13. The minimum Gasteiger partial charge on any atom is -0.363 e. The monoisotopic (exact) mass is 243 g/mol. The van der Waals surface area contributed by atoms with Gasteiger partial charge in [-0.1, -0.05) is 0 Å². The lowest BCUT2D eigenvalue weighted by molar-refractivity contribution is 0.477. The van der Waals surface area contributed by atoms with Gasteiger partial charge in [0.2, 0.25) is 10.0 Å². The fourth-order valence-corrected chi connectivity index (χ4v) is 3.47. The predicted octanol–water partition coefficient (Wildman–Crippen LogP) is 0.519. The molecule has 0 bridgehead atoms. The van der Waals surface area contributed by atoms with Gasteiger partial charge in [0, 0.05) is 31.5 Å². The predicted molar refractivity (Wildman–Crippen MR) is 61.5 cm³/mol. The molecule has 0 aliphatic carbocycles. The molecule has 0 saturated carbocycles. The number of rotatable bonds is 4. The van der Waals surface area contributed by atoms with Crippen molar-refractivity contribution in [3.05, 3.63) is 18.0 Å². The minimum absolute atomic E-state index is 0.375. The van der Waals surface area contributed by atoms with Crippen LogP contribution in [-0.4, -0.2) is 37.8 Å². The molecule has 2 rings (SSSR count). The zero-order valence-corrected chi connectivity index (χ0v) is 10.2. The van der Waals surface area contributed by atoms with Crippen LogP contribution in [0.4, 0.5) is 0 Å². The van der Waals surface area contributed by atoms with Crippen LogP contribution in [-0.2, 0) is 16.6 Å². The lowest BCUT2D eigenvalue weighted by atomic mass is 10.4. The van der Waals surface area contributed by atoms with Crippen LogP contribution < -0.4 is 5.32 Å². The Hall–Kier alpha value is -0.850. The highest BCUT2D eigenvalue weighted by Crippen LogP contribution is 2.21. The van der Waals surface area contributed by atoms with Crippen molar-refractivity contribution in [1.29, 1.82) is 0 Å². The Morgan fingerprint density at radius 1 is 1.44 bits per heavy atom. The summed E-state index contributed by atoms with van der Waals surface area (Å²) >= 11 is 0. The van der Waals surface area contributed by atoms with Crippen molar-refractivity contribution in [1.82, 2.24) is 14.6 Å². The molecule has 0 atom stereocenters. The second-order valence-corrected chi connectivity index (χ2v) is 5.94. The Labute approximate surface area is 95.9 Å². The molecule has 2 N–H and O–H groups in total. The average molecular weight is 243 g/mol. The fraction of sp³-hybridized carbons (Fsp3) is 0.600. The topological polar surface area (TPSA) is 65.2 Å². The van der Waals surface area contributed by atoms with Crippen molar-refractivity contribution >= 4 is 10.0 Å². The molecule has 0 radical (unpaired) electrons. The van der Waals surface area contributed by atoms with Gasteiger partial charge in [-0.25, -0.2) is 8.42 Å². The summed E-state index contributed by atoms with van der Waals surface area (Å²) in [4.78, 5) is 3.34. The first-order chi connectivity index (χ1) is 7.64. The standard InChI is InChI=1S/C10H17N3O2S/c1-11-7-9-6-10(8-12-9)16(14,15)13-4-2-3-5-13/h6,8,11-12H,2-5,7H2,1H3. The van der Waals surface area contributed by atoms with Crippen LogP contribution in [0.15, 0.2) is 17.2 Å². The van der Waals surface area contributed by atoms with Gasteiger partial charge in [-0.05, 0) is 26.0 Å². The van der Waals surface area contributed by atoms with Gasteiger partial charge in [0.1, 0.15) is 0 Å². The second-order valence-electron chi connectivity index (χ2n) is 4.00. The number of hydrogen-bond acceptors (Lipinski definition) is 3. The Morgan fingerprint density at radius 3 is 2.75 bits per heavy atom. The maximum absolute atomic E-state index is 12.1. The summed E-state index contributed by atoms with van der Waals surface area (Å²) in [6.07, 6.45) is 3.50. The number of nitrogens with zero attached hydrogens (tertiary/aromatic N) is 1. The zero-order chi connectivity index (χ0) is 11.6. The first-order valence-electron chi connectivity index (χ1n) is 5.46. The fourth-order valence-electron chi connectivity index (χ4n) is 1.94. The van der Waals surface area contributed by atoms with Crippen molar-refractivity contribution in [3.8, 4) is 0 Å². The van der Waals surface area contributed by atoms with Gasteiger partial charge in [-0.2, -0.15) is 4.31 Å². The molecule has 0 unspecified atom stereocenters. The maximum atomic E-state index is 12.1. The van der Waals surface area contributed by atoms with Crippen molar-refractivity contribution in [2.24, 2.45) is 0 Å². The molecule has 2 heterocycles. The molecule has 1 aliphatic rings. The summed E-state index contributed by atoms with van der Waals surface area (Å²) in [5.41, 5.74) is 0.889. The van der Waals surface area contributed by atoms with Crippen LogP contribution in [0, 0.1) is 0 Å². The number of aromatic amines is 1. The minimum atomic E-state index is -3.26. The van der Waals surface area contributed by atoms with E-state index < -0.39 is 10.0 Å². The summed E-state index contributed by atoms with van der Waals surface area (Å²) in [5.74, 6) is 0. The number of H-pyrrole nitrogens is 1. The number of sulfonamides is 1. The highest BCUT2D eigenvalue weighted by Gasteiger charge is 2.27. The Balaban J connectivity index is 2.21. The van der Waals surface area contributed by atoms with Gasteiger partial charge in [0.25, 0.3) is 0 Å². The van der Waals surface area contributed by atoms with Crippen LogP contribution in [0.3, 0.4) is 0 Å². The largest absolute Gasteiger partial charge is 0.363 e. The molecule has 0 spiro atoms. The van der Waals surface area contributed by atoms with Crippen LogP contribution in [0.1, 0.15) is 18.5 Å². The third-order valence-electron chi connectivity index (χ3n) is 2.79. The van der Waals surface area contributed by atoms with E-state index in [2.05, 4.69) is 10.3 Å². The molecule has 1 aromatic rings. The number of hydrogen-bond donors (Lipinski definition) is 2. The highest BCUT2D eigenvalue weighted by atomic mass is 32.2. The Bertz CT molecular complexity index is 446. The molecule has 1 aromatic heterocycles. The van der Waals surface area contributed by atoms with Crippen LogP contribution in [0.25, 0.3) is 0 Å². The van der Waals surface area contributed by atoms with E-state index in [1.54, 1.807) is 16.6 Å². The average Bonchev–Trinajstić information content (AvgIpc) is 2.88. The van der Waals surface area contributed by atoms with E-state index in [4.69, 9.17) is 0 Å². The summed E-state index contributed by atoms with van der Waals surface area (Å²) in [7, 11) is -1.43. The molecule has 1 saturated heterocycles. The molecule has 5 nitrogen and oxygen atoms in total. The van der Waals surface area contributed by atoms with E-state index >= 15 is 0 Å². The summed E-state index contributed by atoms with van der Waals surface area (Å²) in [6.45, 7) is 1.94. The Kier molecular flexibility index (Phi) is 3.32. The molecule has 0 aromatic carbocycles. The van der Waals surface area contributed by atoms with Gasteiger partial charge in [0.15, 0.2) is 0 Å². The second kappa shape index (κ2) is 4.57. The van der Waals surface area contributed by atoms with Crippen molar-refractivity contribution < 1.29 is 8.42 Å². The normalized spacial score (nSPS) is 18.1. The molecular formula is C10H17N3O2S. The Morgan fingerprint density at radius 2 is 2.12 bits per heavy atom. The third-order valence-corrected chi connectivity index (χ3v) is 4.66. The molecule has 6 heteroatoms. The van der Waals surface area contributed by atoms with Crippen LogP contribution in [0.2, 0.25) is 0 Å². The van der Waals surface area contributed by atoms with Crippen LogP contribution >= 0.6 is 0 Å². The van der Waals surface area contributed by atoms with E-state index in [1.165, 1.54) is 0 Å². The SMILES string of the molecule is CNCc1cc(S(=O)(=O)N2CCCC2)c[nH]1. The van der Waals surface area contributed by atoms with Gasteiger partial charge in [-0.15, -0.1) is 0 Å². The lowest BCUT2D eigenvalue weighted by Crippen LogP contribution is -2.27. The van der Waals surface area contributed by atoms with Gasteiger partial charge in [0.05, 0.1) is 4.90 Å². The molecule has 1 fully saturated rings. The van der Waals surface area contributed by atoms with Crippen molar-refractivity contribution in [2.45, 2.75) is 24.3 Å². The van der Waals surface area contributed by atoms with Gasteiger partial charge in [-0.3, -0.25) is 0 Å². The summed E-state index contributed by atoms with van der Waals surface area (Å²) in [6, 6.07) is 1.70. The highest BCUT2D eigenvalue weighted by molar-refractivity contribution is 7.89. The van der Waals surface area contributed by atoms with Crippen LogP contribution in [0.5, 0.6) is 0 Å². The number of aromatic nitrogens is 1. The molecule has 16 heavy (non-hydrogen) atoms. The van der Waals surface area contributed by atoms with E-state index in [0.29, 0.717) is 24.5 Å².